The van der Waals surface area contributed by atoms with Crippen LogP contribution < -0.4 is 10.6 Å². The van der Waals surface area contributed by atoms with Crippen molar-refractivity contribution in [3.8, 4) is 0 Å². The van der Waals surface area contributed by atoms with Gasteiger partial charge in [0.05, 0.1) is 18.7 Å². The van der Waals surface area contributed by atoms with Crippen LogP contribution in [0.15, 0.2) is 24.3 Å². The fourth-order valence-corrected chi connectivity index (χ4v) is 3.47. The number of benzene rings is 1. The van der Waals surface area contributed by atoms with Crippen LogP contribution in [0.4, 0.5) is 0 Å². The quantitative estimate of drug-likeness (QED) is 0.778. The molecule has 1 aromatic carbocycles. The number of carbonyl (C=O) groups is 2. The molecule has 0 saturated heterocycles. The smallest absolute Gasteiger partial charge is 0.239 e. The van der Waals surface area contributed by atoms with Crippen LogP contribution in [0.1, 0.15) is 42.9 Å². The van der Waals surface area contributed by atoms with Gasteiger partial charge < -0.3 is 15.7 Å². The zero-order valence-corrected chi connectivity index (χ0v) is 12.5. The number of amides is 2. The molecule has 0 bridgehead atoms. The Hall–Kier alpha value is -1.88. The number of hydrogen-bond acceptors (Lipinski definition) is 3. The van der Waals surface area contributed by atoms with Gasteiger partial charge in [0.15, 0.2) is 0 Å². The van der Waals surface area contributed by atoms with Gasteiger partial charge in [-0.05, 0) is 24.0 Å². The van der Waals surface area contributed by atoms with E-state index in [0.29, 0.717) is 6.42 Å². The summed E-state index contributed by atoms with van der Waals surface area (Å²) in [6, 6.07) is 7.34. The molecule has 1 aromatic rings. The van der Waals surface area contributed by atoms with Gasteiger partial charge in [0.1, 0.15) is 0 Å². The van der Waals surface area contributed by atoms with Gasteiger partial charge in [-0.3, -0.25) is 9.59 Å². The normalized spacial score (nSPS) is 24.0. The van der Waals surface area contributed by atoms with Crippen LogP contribution in [-0.2, 0) is 16.0 Å². The number of carbonyl (C=O) groups excluding carboxylic acids is 2. The lowest BCUT2D eigenvalue weighted by Crippen LogP contribution is -2.42. The predicted octanol–water partition coefficient (Wildman–Crippen LogP) is 1.07. The maximum absolute atomic E-state index is 12.0. The van der Waals surface area contributed by atoms with Gasteiger partial charge in [0, 0.05) is 12.3 Å². The molecular formula is C17H22N2O3. The lowest BCUT2D eigenvalue weighted by Gasteiger charge is -2.18. The minimum absolute atomic E-state index is 0.0271. The summed E-state index contributed by atoms with van der Waals surface area (Å²) in [7, 11) is 0. The Morgan fingerprint density at radius 3 is 2.68 bits per heavy atom. The van der Waals surface area contributed by atoms with E-state index in [0.717, 1.165) is 36.8 Å². The Bertz CT molecular complexity index is 567. The molecule has 0 aromatic heterocycles. The summed E-state index contributed by atoms with van der Waals surface area (Å²) in [5.74, 6) is -0.224. The van der Waals surface area contributed by atoms with E-state index in [2.05, 4.69) is 10.6 Å². The first-order valence-electron chi connectivity index (χ1n) is 7.98. The lowest BCUT2D eigenvalue weighted by atomic mass is 10.1. The monoisotopic (exact) mass is 302 g/mol. The van der Waals surface area contributed by atoms with Crippen LogP contribution in [-0.4, -0.2) is 29.6 Å². The van der Waals surface area contributed by atoms with E-state index in [4.69, 9.17) is 0 Å². The van der Waals surface area contributed by atoms with Crippen LogP contribution >= 0.6 is 0 Å². The summed E-state index contributed by atoms with van der Waals surface area (Å²) in [5.41, 5.74) is 2.03. The van der Waals surface area contributed by atoms with E-state index >= 15 is 0 Å². The maximum atomic E-state index is 12.0. The Balaban J connectivity index is 1.52. The summed E-state index contributed by atoms with van der Waals surface area (Å²) in [6.45, 7) is -0.0271. The molecule has 1 saturated carbocycles. The fraction of sp³-hybridized carbons (Fsp3) is 0.529. The van der Waals surface area contributed by atoms with Crippen molar-refractivity contribution in [2.75, 3.05) is 6.54 Å². The molecule has 2 aliphatic rings. The Morgan fingerprint density at radius 2 is 1.91 bits per heavy atom. The highest BCUT2D eigenvalue weighted by atomic mass is 16.3. The molecule has 0 spiro atoms. The van der Waals surface area contributed by atoms with Crippen LogP contribution in [0.3, 0.4) is 0 Å². The molecule has 0 heterocycles. The molecule has 5 nitrogen and oxygen atoms in total. The Labute approximate surface area is 130 Å². The maximum Gasteiger partial charge on any atom is 0.239 e. The number of fused-ring (bicyclic) bond motifs is 1. The summed E-state index contributed by atoms with van der Waals surface area (Å²) >= 11 is 0. The van der Waals surface area contributed by atoms with Crippen molar-refractivity contribution in [2.24, 2.45) is 5.92 Å². The van der Waals surface area contributed by atoms with Gasteiger partial charge in [0.25, 0.3) is 0 Å². The van der Waals surface area contributed by atoms with Crippen molar-refractivity contribution in [1.29, 1.82) is 0 Å². The molecule has 2 aliphatic carbocycles. The van der Waals surface area contributed by atoms with Gasteiger partial charge in [-0.15, -0.1) is 0 Å². The summed E-state index contributed by atoms with van der Waals surface area (Å²) in [4.78, 5) is 23.9. The zero-order chi connectivity index (χ0) is 15.5. The number of aliphatic hydroxyl groups excluding tert-OH is 1. The molecule has 22 heavy (non-hydrogen) atoms. The predicted molar refractivity (Wildman–Crippen MR) is 82.0 cm³/mol. The second-order valence-electron chi connectivity index (χ2n) is 6.21. The van der Waals surface area contributed by atoms with Gasteiger partial charge in [-0.25, -0.2) is 0 Å². The molecule has 2 atom stereocenters. The van der Waals surface area contributed by atoms with E-state index in [1.807, 2.05) is 24.3 Å². The highest BCUT2D eigenvalue weighted by Crippen LogP contribution is 2.31. The van der Waals surface area contributed by atoms with Gasteiger partial charge in [0.2, 0.25) is 11.8 Å². The first-order chi connectivity index (χ1) is 10.6. The van der Waals surface area contributed by atoms with Gasteiger partial charge in [-0.2, -0.15) is 0 Å². The van der Waals surface area contributed by atoms with Crippen LogP contribution in [0.5, 0.6) is 0 Å². The molecular weight excluding hydrogens is 280 g/mol. The highest BCUT2D eigenvalue weighted by Gasteiger charge is 2.32. The van der Waals surface area contributed by atoms with Crippen molar-refractivity contribution in [3.63, 3.8) is 0 Å². The number of hydrogen-bond donors (Lipinski definition) is 3. The van der Waals surface area contributed by atoms with E-state index in [-0.39, 0.29) is 30.3 Å². The van der Waals surface area contributed by atoms with Crippen molar-refractivity contribution < 1.29 is 14.7 Å². The minimum Gasteiger partial charge on any atom is -0.390 e. The van der Waals surface area contributed by atoms with Gasteiger partial charge in [-0.1, -0.05) is 37.1 Å². The van der Waals surface area contributed by atoms with Crippen LogP contribution in [0.25, 0.3) is 0 Å². The van der Waals surface area contributed by atoms with Crippen molar-refractivity contribution >= 4 is 11.8 Å². The number of nitrogens with one attached hydrogen (secondary N) is 2. The SMILES string of the molecule is O=C(CNC(=O)C1CCCC1)NC1c2ccccc2CC1O. The molecule has 3 N–H and O–H groups in total. The molecule has 1 fully saturated rings. The number of rotatable bonds is 4. The minimum atomic E-state index is -0.605. The van der Waals surface area contributed by atoms with Crippen molar-refractivity contribution in [1.82, 2.24) is 10.6 Å². The molecule has 3 rings (SSSR count). The van der Waals surface area contributed by atoms with Crippen LogP contribution in [0, 0.1) is 5.92 Å². The Morgan fingerprint density at radius 1 is 1.18 bits per heavy atom. The third-order valence-electron chi connectivity index (χ3n) is 4.67. The summed E-state index contributed by atoms with van der Waals surface area (Å²) in [6.07, 6.45) is 3.97. The summed E-state index contributed by atoms with van der Waals surface area (Å²) in [5, 5.41) is 15.6. The van der Waals surface area contributed by atoms with E-state index in [9.17, 15) is 14.7 Å². The van der Waals surface area contributed by atoms with Crippen molar-refractivity contribution in [3.05, 3.63) is 35.4 Å². The third kappa shape index (κ3) is 3.14. The molecule has 0 radical (unpaired) electrons. The van der Waals surface area contributed by atoms with E-state index < -0.39 is 6.10 Å². The Kier molecular flexibility index (Phi) is 4.43. The average molecular weight is 302 g/mol. The third-order valence-corrected chi connectivity index (χ3v) is 4.67. The summed E-state index contributed by atoms with van der Waals surface area (Å²) < 4.78 is 0. The largest absolute Gasteiger partial charge is 0.390 e. The molecule has 5 heteroatoms. The lowest BCUT2D eigenvalue weighted by molar-refractivity contribution is -0.129. The molecule has 118 valence electrons. The van der Waals surface area contributed by atoms with Crippen LogP contribution in [0.2, 0.25) is 0 Å². The molecule has 0 aliphatic heterocycles. The second kappa shape index (κ2) is 6.48. The molecule has 2 amide bonds. The second-order valence-corrected chi connectivity index (χ2v) is 6.21. The molecule has 2 unspecified atom stereocenters. The first-order valence-corrected chi connectivity index (χ1v) is 7.98. The highest BCUT2D eigenvalue weighted by molar-refractivity contribution is 5.86. The topological polar surface area (TPSA) is 78.4 Å². The van der Waals surface area contributed by atoms with E-state index in [1.54, 1.807) is 0 Å². The fourth-order valence-electron chi connectivity index (χ4n) is 3.47. The number of aliphatic hydroxyl groups is 1. The van der Waals surface area contributed by atoms with E-state index in [1.165, 1.54) is 0 Å². The van der Waals surface area contributed by atoms with Gasteiger partial charge >= 0.3 is 0 Å². The van der Waals surface area contributed by atoms with Crippen molar-refractivity contribution in [2.45, 2.75) is 44.2 Å². The standard InChI is InChI=1S/C17H22N2O3/c20-14-9-12-7-3-4-8-13(12)16(14)19-15(21)10-18-17(22)11-5-1-2-6-11/h3-4,7-8,11,14,16,20H,1-2,5-6,9-10H2,(H,18,22)(H,19,21). The first kappa shape index (κ1) is 15.0. The average Bonchev–Trinajstić information content (AvgIpc) is 3.14. The zero-order valence-electron chi connectivity index (χ0n) is 12.5.